The van der Waals surface area contributed by atoms with Crippen LogP contribution in [0.5, 0.6) is 0 Å². The van der Waals surface area contributed by atoms with Crippen molar-refractivity contribution in [1.29, 1.82) is 5.26 Å². The summed E-state index contributed by atoms with van der Waals surface area (Å²) in [5, 5.41) is 12.6. The summed E-state index contributed by atoms with van der Waals surface area (Å²) in [6.45, 7) is 2.46. The molecule has 6 heteroatoms. The standard InChI is InChI=1S/C18H19N5O/c1-12-3-8-21-18(15(12)10-19)22-11-14-9-16(24)23(2)17(14)13-4-6-20-7-5-13/h3-8,14,17H,9,11H2,1-2H3,(H,21,22)/t14-,17-/m0/s1. The molecule has 1 amide bonds. The van der Waals surface area contributed by atoms with Gasteiger partial charge in [0.2, 0.25) is 5.91 Å². The number of nitrogens with one attached hydrogen (secondary N) is 1. The lowest BCUT2D eigenvalue weighted by Crippen LogP contribution is -2.26. The predicted molar refractivity (Wildman–Crippen MR) is 90.0 cm³/mol. The monoisotopic (exact) mass is 321 g/mol. The van der Waals surface area contributed by atoms with Crippen LogP contribution in [0.4, 0.5) is 5.82 Å². The second-order valence-electron chi connectivity index (χ2n) is 6.04. The van der Waals surface area contributed by atoms with Crippen LogP contribution < -0.4 is 5.32 Å². The Labute approximate surface area is 141 Å². The fourth-order valence-electron chi connectivity index (χ4n) is 3.25. The van der Waals surface area contributed by atoms with E-state index in [4.69, 9.17) is 0 Å². The number of aryl methyl sites for hydroxylation is 1. The van der Waals surface area contributed by atoms with E-state index >= 15 is 0 Å². The maximum Gasteiger partial charge on any atom is 0.223 e. The van der Waals surface area contributed by atoms with Crippen LogP contribution in [0.2, 0.25) is 0 Å². The van der Waals surface area contributed by atoms with Gasteiger partial charge in [0.1, 0.15) is 11.9 Å². The number of amides is 1. The molecule has 3 rings (SSSR count). The van der Waals surface area contributed by atoms with Crippen LogP contribution >= 0.6 is 0 Å². The first-order valence-electron chi connectivity index (χ1n) is 7.87. The molecule has 6 nitrogen and oxygen atoms in total. The fourth-order valence-corrected chi connectivity index (χ4v) is 3.25. The number of aromatic nitrogens is 2. The Morgan fingerprint density at radius 1 is 1.33 bits per heavy atom. The van der Waals surface area contributed by atoms with E-state index in [1.807, 2.05) is 32.2 Å². The third-order valence-corrected chi connectivity index (χ3v) is 4.54. The summed E-state index contributed by atoms with van der Waals surface area (Å²) >= 11 is 0. The number of likely N-dealkylation sites (tertiary alicyclic amines) is 1. The highest BCUT2D eigenvalue weighted by molar-refractivity contribution is 5.79. The molecule has 1 aliphatic heterocycles. The number of anilines is 1. The predicted octanol–water partition coefficient (Wildman–Crippen LogP) is 2.29. The molecule has 0 unspecified atom stereocenters. The van der Waals surface area contributed by atoms with Crippen LogP contribution in [0, 0.1) is 24.2 Å². The Hall–Kier alpha value is -2.94. The average molecular weight is 321 g/mol. The average Bonchev–Trinajstić information content (AvgIpc) is 2.88. The zero-order valence-electron chi connectivity index (χ0n) is 13.7. The fraction of sp³-hybridized carbons (Fsp3) is 0.333. The second-order valence-corrected chi connectivity index (χ2v) is 6.04. The summed E-state index contributed by atoms with van der Waals surface area (Å²) in [6.07, 6.45) is 5.65. The molecule has 2 aromatic heterocycles. The van der Waals surface area contributed by atoms with Gasteiger partial charge in [-0.15, -0.1) is 0 Å². The van der Waals surface area contributed by atoms with Crippen LogP contribution in [0.3, 0.4) is 0 Å². The van der Waals surface area contributed by atoms with Crippen molar-refractivity contribution in [3.8, 4) is 6.07 Å². The number of nitriles is 1. The lowest BCUT2D eigenvalue weighted by molar-refractivity contribution is -0.127. The summed E-state index contributed by atoms with van der Waals surface area (Å²) in [6, 6.07) is 7.89. The molecule has 0 saturated carbocycles. The van der Waals surface area contributed by atoms with Gasteiger partial charge < -0.3 is 10.2 Å². The van der Waals surface area contributed by atoms with Crippen molar-refractivity contribution in [2.24, 2.45) is 5.92 Å². The molecule has 1 aliphatic rings. The number of nitrogens with zero attached hydrogens (tertiary/aromatic N) is 4. The molecule has 2 atom stereocenters. The van der Waals surface area contributed by atoms with Gasteiger partial charge in [0.05, 0.1) is 11.6 Å². The van der Waals surface area contributed by atoms with E-state index in [9.17, 15) is 10.1 Å². The van der Waals surface area contributed by atoms with Gasteiger partial charge in [0.25, 0.3) is 0 Å². The SMILES string of the molecule is Cc1ccnc(NC[C@@H]2CC(=O)N(C)[C@H]2c2ccncc2)c1C#N. The van der Waals surface area contributed by atoms with Crippen molar-refractivity contribution < 1.29 is 4.79 Å². The van der Waals surface area contributed by atoms with Gasteiger partial charge in [-0.1, -0.05) is 0 Å². The lowest BCUT2D eigenvalue weighted by Gasteiger charge is -2.25. The van der Waals surface area contributed by atoms with Crippen LogP contribution in [0.25, 0.3) is 0 Å². The van der Waals surface area contributed by atoms with Gasteiger partial charge in [0, 0.05) is 44.5 Å². The number of pyridine rings is 2. The van der Waals surface area contributed by atoms with Gasteiger partial charge >= 0.3 is 0 Å². The molecule has 0 radical (unpaired) electrons. The molecule has 1 saturated heterocycles. The van der Waals surface area contributed by atoms with E-state index in [2.05, 4.69) is 21.4 Å². The van der Waals surface area contributed by atoms with Crippen LogP contribution in [-0.2, 0) is 4.79 Å². The topological polar surface area (TPSA) is 81.9 Å². The number of carbonyl (C=O) groups excluding carboxylic acids is 1. The molecular weight excluding hydrogens is 302 g/mol. The molecule has 24 heavy (non-hydrogen) atoms. The smallest absolute Gasteiger partial charge is 0.223 e. The van der Waals surface area contributed by atoms with E-state index in [1.165, 1.54) is 0 Å². The van der Waals surface area contributed by atoms with Gasteiger partial charge in [-0.2, -0.15) is 5.26 Å². The number of carbonyl (C=O) groups is 1. The summed E-state index contributed by atoms with van der Waals surface area (Å²) in [7, 11) is 1.83. The van der Waals surface area contributed by atoms with Crippen LogP contribution in [0.15, 0.2) is 36.8 Å². The quantitative estimate of drug-likeness (QED) is 0.934. The van der Waals surface area contributed by atoms with Crippen molar-refractivity contribution in [3.63, 3.8) is 0 Å². The van der Waals surface area contributed by atoms with Gasteiger partial charge in [-0.25, -0.2) is 4.98 Å². The lowest BCUT2D eigenvalue weighted by atomic mass is 9.94. The minimum Gasteiger partial charge on any atom is -0.369 e. The van der Waals surface area contributed by atoms with Gasteiger partial charge in [-0.05, 0) is 36.2 Å². The van der Waals surface area contributed by atoms with Crippen molar-refractivity contribution in [3.05, 3.63) is 53.5 Å². The molecule has 2 aromatic rings. The normalized spacial score (nSPS) is 20.0. The minimum absolute atomic E-state index is 0.00310. The Morgan fingerprint density at radius 2 is 2.08 bits per heavy atom. The van der Waals surface area contributed by atoms with E-state index in [0.717, 1.165) is 11.1 Å². The molecule has 1 fully saturated rings. The Balaban J connectivity index is 1.80. The second kappa shape index (κ2) is 6.67. The van der Waals surface area contributed by atoms with Crippen molar-refractivity contribution in [1.82, 2.24) is 14.9 Å². The first-order chi connectivity index (χ1) is 11.6. The molecule has 122 valence electrons. The summed E-state index contributed by atoms with van der Waals surface area (Å²) in [5.74, 6) is 0.813. The molecule has 0 bridgehead atoms. The molecule has 3 heterocycles. The molecule has 0 spiro atoms. The largest absolute Gasteiger partial charge is 0.369 e. The van der Waals surface area contributed by atoms with Gasteiger partial charge in [0.15, 0.2) is 0 Å². The molecular formula is C18H19N5O. The molecule has 0 aromatic carbocycles. The van der Waals surface area contributed by atoms with Crippen LogP contribution in [-0.4, -0.2) is 34.4 Å². The highest BCUT2D eigenvalue weighted by Gasteiger charge is 2.38. The highest BCUT2D eigenvalue weighted by atomic mass is 16.2. The Bertz CT molecular complexity index is 784. The van der Waals surface area contributed by atoms with E-state index in [1.54, 1.807) is 23.5 Å². The van der Waals surface area contributed by atoms with Crippen molar-refractivity contribution >= 4 is 11.7 Å². The maximum atomic E-state index is 12.2. The molecule has 1 N–H and O–H groups in total. The third-order valence-electron chi connectivity index (χ3n) is 4.54. The minimum atomic E-state index is 0.00310. The number of hydrogen-bond acceptors (Lipinski definition) is 5. The first kappa shape index (κ1) is 15.9. The Kier molecular flexibility index (Phi) is 4.43. The number of rotatable bonds is 4. The zero-order valence-corrected chi connectivity index (χ0v) is 13.7. The van der Waals surface area contributed by atoms with E-state index in [0.29, 0.717) is 24.3 Å². The first-order valence-corrected chi connectivity index (χ1v) is 7.87. The van der Waals surface area contributed by atoms with Crippen LogP contribution in [0.1, 0.15) is 29.2 Å². The van der Waals surface area contributed by atoms with Gasteiger partial charge in [-0.3, -0.25) is 9.78 Å². The van der Waals surface area contributed by atoms with E-state index < -0.39 is 0 Å². The zero-order chi connectivity index (χ0) is 17.1. The highest BCUT2D eigenvalue weighted by Crippen LogP contribution is 2.36. The summed E-state index contributed by atoms with van der Waals surface area (Å²) in [4.78, 5) is 22.3. The van der Waals surface area contributed by atoms with Crippen molar-refractivity contribution in [2.75, 3.05) is 18.9 Å². The third kappa shape index (κ3) is 2.93. The Morgan fingerprint density at radius 3 is 2.79 bits per heavy atom. The molecule has 0 aliphatic carbocycles. The van der Waals surface area contributed by atoms with E-state index in [-0.39, 0.29) is 17.9 Å². The van der Waals surface area contributed by atoms with Crippen molar-refractivity contribution in [2.45, 2.75) is 19.4 Å². The number of hydrogen-bond donors (Lipinski definition) is 1. The summed E-state index contributed by atoms with van der Waals surface area (Å²) < 4.78 is 0. The summed E-state index contributed by atoms with van der Waals surface area (Å²) in [5.41, 5.74) is 2.51. The maximum absolute atomic E-state index is 12.2.